The number of benzene rings is 1. The molecule has 2 atom stereocenters. The number of hydrogen-bond acceptors (Lipinski definition) is 7. The van der Waals surface area contributed by atoms with E-state index in [1.807, 2.05) is 0 Å². The van der Waals surface area contributed by atoms with Gasteiger partial charge in [0.1, 0.15) is 18.0 Å². The summed E-state index contributed by atoms with van der Waals surface area (Å²) in [7, 11) is 0. The normalized spacial score (nSPS) is 24.6. The van der Waals surface area contributed by atoms with E-state index in [1.165, 1.54) is 10.6 Å². The number of ether oxygens (including phenoxy) is 1. The first-order chi connectivity index (χ1) is 16.1. The van der Waals surface area contributed by atoms with E-state index in [-0.39, 0.29) is 37.1 Å². The Balaban J connectivity index is 1.72. The van der Waals surface area contributed by atoms with Gasteiger partial charge in [0.25, 0.3) is 5.56 Å². The van der Waals surface area contributed by atoms with Gasteiger partial charge in [0.05, 0.1) is 35.6 Å². The number of nitrogens with zero attached hydrogens (tertiary/aromatic N) is 2. The molecule has 0 fully saturated rings. The molecule has 0 radical (unpaired) electrons. The van der Waals surface area contributed by atoms with Crippen molar-refractivity contribution in [1.82, 2.24) is 9.55 Å². The van der Waals surface area contributed by atoms with Crippen molar-refractivity contribution < 1.29 is 29.2 Å². The van der Waals surface area contributed by atoms with Crippen LogP contribution >= 0.6 is 0 Å². The zero-order chi connectivity index (χ0) is 24.2. The van der Waals surface area contributed by atoms with Gasteiger partial charge in [-0.2, -0.15) is 0 Å². The molecule has 3 N–H and O–H groups in total. The Bertz CT molecular complexity index is 1510. The molecule has 0 unspecified atom stereocenters. The number of aliphatic hydroxyl groups is 3. The molecule has 6 rings (SSSR count). The molecule has 0 saturated carbocycles. The number of esters is 1. The molecule has 1 aromatic carbocycles. The fraction of sp³-hybridized carbons (Fsp3) is 0.400. The summed E-state index contributed by atoms with van der Waals surface area (Å²) in [5.41, 5.74) is -0.291. The Kier molecular flexibility index (Phi) is 4.23. The van der Waals surface area contributed by atoms with Crippen LogP contribution in [0, 0.1) is 12.7 Å². The number of carbonyl (C=O) groups is 1. The van der Waals surface area contributed by atoms with Crippen LogP contribution in [0.3, 0.4) is 0 Å². The summed E-state index contributed by atoms with van der Waals surface area (Å²) in [6, 6.07) is 2.88. The van der Waals surface area contributed by atoms with Gasteiger partial charge in [-0.05, 0) is 43.4 Å². The number of hydrogen-bond donors (Lipinski definition) is 3. The predicted octanol–water partition coefficient (Wildman–Crippen LogP) is 1.65. The third kappa shape index (κ3) is 2.44. The number of pyridine rings is 2. The number of carbonyl (C=O) groups excluding carboxylic acids is 1. The van der Waals surface area contributed by atoms with Gasteiger partial charge in [0, 0.05) is 28.1 Å². The average molecular weight is 466 g/mol. The maximum atomic E-state index is 14.8. The van der Waals surface area contributed by atoms with Crippen LogP contribution < -0.4 is 5.56 Å². The van der Waals surface area contributed by atoms with Crippen LogP contribution in [0.5, 0.6) is 0 Å². The molecular weight excluding hydrogens is 443 g/mol. The zero-order valence-electron chi connectivity index (χ0n) is 18.7. The maximum absolute atomic E-state index is 14.8. The van der Waals surface area contributed by atoms with E-state index < -0.39 is 35.2 Å². The largest absolute Gasteiger partial charge is 0.458 e. The molecule has 0 saturated heterocycles. The van der Waals surface area contributed by atoms with E-state index in [1.54, 1.807) is 19.9 Å². The number of aryl methyl sites for hydroxylation is 1. The van der Waals surface area contributed by atoms with Gasteiger partial charge in [-0.1, -0.05) is 6.92 Å². The molecule has 3 aromatic rings. The van der Waals surface area contributed by atoms with Crippen LogP contribution in [-0.4, -0.2) is 37.4 Å². The molecule has 8 nitrogen and oxygen atoms in total. The van der Waals surface area contributed by atoms with E-state index in [4.69, 9.17) is 9.72 Å². The van der Waals surface area contributed by atoms with Gasteiger partial charge in [0.15, 0.2) is 5.60 Å². The van der Waals surface area contributed by atoms with E-state index in [0.717, 1.165) is 5.56 Å². The summed E-state index contributed by atoms with van der Waals surface area (Å²) >= 11 is 0. The lowest BCUT2D eigenvalue weighted by Crippen LogP contribution is -2.44. The lowest BCUT2D eigenvalue weighted by atomic mass is 9.75. The molecule has 9 heteroatoms. The first-order valence-corrected chi connectivity index (χ1v) is 11.3. The first kappa shape index (κ1) is 21.4. The topological polar surface area (TPSA) is 122 Å². The van der Waals surface area contributed by atoms with Crippen LogP contribution in [0.15, 0.2) is 16.9 Å². The molecule has 176 valence electrons. The van der Waals surface area contributed by atoms with E-state index in [9.17, 15) is 29.3 Å². The van der Waals surface area contributed by atoms with Crippen molar-refractivity contribution in [2.24, 2.45) is 0 Å². The first-order valence-electron chi connectivity index (χ1n) is 11.3. The van der Waals surface area contributed by atoms with Gasteiger partial charge < -0.3 is 24.6 Å². The maximum Gasteiger partial charge on any atom is 0.343 e. The Morgan fingerprint density at radius 3 is 2.68 bits per heavy atom. The molecule has 0 bridgehead atoms. The summed E-state index contributed by atoms with van der Waals surface area (Å²) < 4.78 is 21.3. The second-order valence-corrected chi connectivity index (χ2v) is 9.46. The van der Waals surface area contributed by atoms with Gasteiger partial charge >= 0.3 is 5.97 Å². The van der Waals surface area contributed by atoms with Crippen molar-refractivity contribution in [3.05, 3.63) is 61.7 Å². The van der Waals surface area contributed by atoms with Crippen molar-refractivity contribution in [3.63, 3.8) is 0 Å². The summed E-state index contributed by atoms with van der Waals surface area (Å²) in [6.45, 7) is 2.61. The van der Waals surface area contributed by atoms with Gasteiger partial charge in [-0.15, -0.1) is 0 Å². The van der Waals surface area contributed by atoms with Crippen molar-refractivity contribution in [3.8, 4) is 11.4 Å². The average Bonchev–Trinajstić information content (AvgIpc) is 3.19. The molecule has 0 amide bonds. The Labute approximate surface area is 193 Å². The van der Waals surface area contributed by atoms with E-state index >= 15 is 0 Å². The molecule has 1 aliphatic carbocycles. The van der Waals surface area contributed by atoms with Crippen molar-refractivity contribution in [2.75, 3.05) is 6.61 Å². The minimum absolute atomic E-state index is 0.0170. The highest BCUT2D eigenvalue weighted by atomic mass is 19.1. The van der Waals surface area contributed by atoms with Crippen LogP contribution in [0.4, 0.5) is 4.39 Å². The third-order valence-electron chi connectivity index (χ3n) is 7.82. The van der Waals surface area contributed by atoms with Crippen molar-refractivity contribution >= 4 is 16.9 Å². The molecular formula is C25H23FN2O6. The van der Waals surface area contributed by atoms with Gasteiger partial charge in [-0.25, -0.2) is 14.2 Å². The number of rotatable bonds is 2. The van der Waals surface area contributed by atoms with E-state index in [0.29, 0.717) is 45.4 Å². The predicted molar refractivity (Wildman–Crippen MR) is 119 cm³/mol. The third-order valence-corrected chi connectivity index (χ3v) is 7.82. The Hall–Kier alpha value is -3.14. The number of halogens is 1. The number of aromatic nitrogens is 2. The zero-order valence-corrected chi connectivity index (χ0v) is 18.7. The number of fused-ring (bicyclic) bond motifs is 5. The second-order valence-electron chi connectivity index (χ2n) is 9.46. The number of cyclic esters (lactones) is 1. The fourth-order valence-electron chi connectivity index (χ4n) is 5.83. The van der Waals surface area contributed by atoms with Crippen molar-refractivity contribution in [1.29, 1.82) is 0 Å². The minimum atomic E-state index is -1.96. The summed E-state index contributed by atoms with van der Waals surface area (Å²) in [6.07, 6.45) is 0.601. The van der Waals surface area contributed by atoms with Crippen molar-refractivity contribution in [2.45, 2.75) is 57.5 Å². The quantitative estimate of drug-likeness (QED) is 0.384. The lowest BCUT2D eigenvalue weighted by Gasteiger charge is -2.35. The number of aliphatic hydroxyl groups excluding tert-OH is 1. The molecule has 3 aliphatic rings. The minimum Gasteiger partial charge on any atom is -0.458 e. The molecule has 34 heavy (non-hydrogen) atoms. The standard InChI is InChI=1S/C25H23FN2O6/c1-3-25(33)15-6-18-21-13(8-28(18)22(30)14(15)9-34-23(25)31)20-19-12(4-5-24(20,32)10-29)11(2)16(26)7-17(19)27-21/h6-7,29,32-33H,3-5,8-10H2,1-2H3/t24-,25+/m1/s1. The molecule has 4 heterocycles. The summed E-state index contributed by atoms with van der Waals surface area (Å²) in [4.78, 5) is 30.5. The highest BCUT2D eigenvalue weighted by Crippen LogP contribution is 2.47. The smallest absolute Gasteiger partial charge is 0.343 e. The van der Waals surface area contributed by atoms with Crippen LogP contribution in [0.25, 0.3) is 22.3 Å². The monoisotopic (exact) mass is 466 g/mol. The molecule has 2 aliphatic heterocycles. The summed E-state index contributed by atoms with van der Waals surface area (Å²) in [5.74, 6) is -1.23. The van der Waals surface area contributed by atoms with E-state index in [2.05, 4.69) is 0 Å². The highest BCUT2D eigenvalue weighted by molar-refractivity contribution is 5.93. The van der Waals surface area contributed by atoms with Crippen LogP contribution in [-0.2, 0) is 40.3 Å². The fourth-order valence-corrected chi connectivity index (χ4v) is 5.83. The lowest BCUT2D eigenvalue weighted by molar-refractivity contribution is -0.172. The van der Waals surface area contributed by atoms with Gasteiger partial charge in [-0.3, -0.25) is 4.79 Å². The molecule has 2 aromatic heterocycles. The van der Waals surface area contributed by atoms with Gasteiger partial charge in [0.2, 0.25) is 0 Å². The summed E-state index contributed by atoms with van der Waals surface area (Å²) in [5, 5.41) is 33.2. The highest BCUT2D eigenvalue weighted by Gasteiger charge is 2.46. The van der Waals surface area contributed by atoms with Crippen LogP contribution in [0.2, 0.25) is 0 Å². The Morgan fingerprint density at radius 1 is 1.21 bits per heavy atom. The Morgan fingerprint density at radius 2 is 1.97 bits per heavy atom. The second kappa shape index (κ2) is 6.71. The van der Waals surface area contributed by atoms with Crippen LogP contribution in [0.1, 0.15) is 53.1 Å². The molecule has 0 spiro atoms. The SMILES string of the molecule is CC[C@@]1(O)C(=O)OCc2c1cc1n(c2=O)Cc2c-1nc1cc(F)c(C)c3c1c2[C@](O)(CO)CC3.